The molecule has 1 aliphatic carbocycles. The van der Waals surface area contributed by atoms with Crippen LogP contribution in [0.3, 0.4) is 0 Å². The van der Waals surface area contributed by atoms with Gasteiger partial charge in [0, 0.05) is 80.5 Å². The van der Waals surface area contributed by atoms with E-state index in [0.29, 0.717) is 78.9 Å². The number of carbonyl (C=O) groups is 2. The normalized spacial score (nSPS) is 14.7. The Kier molecular flexibility index (Phi) is 15.2. The first-order valence-corrected chi connectivity index (χ1v) is 24.4. The number of methoxy groups -OCH3 is 1. The molecule has 1 saturated heterocycles. The van der Waals surface area contributed by atoms with E-state index in [2.05, 4.69) is 30.1 Å². The number of piperazine rings is 1. The van der Waals surface area contributed by atoms with Crippen LogP contribution < -0.4 is 19.5 Å². The van der Waals surface area contributed by atoms with Crippen LogP contribution in [0, 0.1) is 12.7 Å². The van der Waals surface area contributed by atoms with Crippen LogP contribution in [0.15, 0.2) is 97.5 Å². The topological polar surface area (TPSA) is 141 Å². The number of carbonyl (C=O) groups excluding carboxylic acids is 2. The van der Waals surface area contributed by atoms with Crippen molar-refractivity contribution in [3.63, 3.8) is 0 Å². The fourth-order valence-corrected chi connectivity index (χ4v) is 10.1. The summed E-state index contributed by atoms with van der Waals surface area (Å²) in [5.74, 6) is 0.844. The molecule has 0 radical (unpaired) electrons. The summed E-state index contributed by atoms with van der Waals surface area (Å²) in [5, 5.41) is 4.45. The van der Waals surface area contributed by atoms with Gasteiger partial charge in [-0.1, -0.05) is 54.1 Å². The predicted octanol–water partition coefficient (Wildman–Crippen LogP) is 9.41. The minimum absolute atomic E-state index is 0.0538. The number of nitrogens with one attached hydrogen (secondary N) is 1. The third-order valence-corrected chi connectivity index (χ3v) is 14.2. The van der Waals surface area contributed by atoms with Gasteiger partial charge < -0.3 is 24.3 Å². The van der Waals surface area contributed by atoms with Gasteiger partial charge >= 0.3 is 5.97 Å². The van der Waals surface area contributed by atoms with Gasteiger partial charge in [0.25, 0.3) is 0 Å². The Balaban J connectivity index is 1.04. The maximum Gasteiger partial charge on any atom is 0.347 e. The van der Waals surface area contributed by atoms with Crippen LogP contribution in [0.4, 0.5) is 4.39 Å². The summed E-state index contributed by atoms with van der Waals surface area (Å²) in [6, 6.07) is 25.8. The summed E-state index contributed by atoms with van der Waals surface area (Å²) in [7, 11) is 1.61. The Morgan fingerprint density at radius 1 is 0.971 bits per heavy atom. The number of aromatic nitrogens is 4. The number of halogens is 2. The largest absolute Gasteiger partial charge is 0.496 e. The molecular weight excluding hydrogens is 917 g/mol. The number of rotatable bonds is 20. The fourth-order valence-electron chi connectivity index (χ4n) is 8.76. The van der Waals surface area contributed by atoms with Gasteiger partial charge in [-0.05, 0) is 97.0 Å². The molecule has 4 aromatic carbocycles. The average molecular weight is 971 g/mol. The maximum atomic E-state index is 14.3. The first-order chi connectivity index (χ1) is 33.7. The first-order valence-electron chi connectivity index (χ1n) is 23.2. The molecular formula is C53H53ClFN7O6S. The Hall–Kier alpha value is -6.36. The number of para-hydroxylation sites is 1. The van der Waals surface area contributed by atoms with Crippen molar-refractivity contribution in [2.45, 2.75) is 58.4 Å². The molecule has 0 spiro atoms. The van der Waals surface area contributed by atoms with Crippen molar-refractivity contribution in [1.29, 1.82) is 0 Å². The molecule has 3 aromatic heterocycles. The van der Waals surface area contributed by atoms with Gasteiger partial charge in [0.2, 0.25) is 12.0 Å². The van der Waals surface area contributed by atoms with Crippen molar-refractivity contribution in [2.24, 2.45) is 0 Å². The summed E-state index contributed by atoms with van der Waals surface area (Å²) in [5.41, 5.74) is 6.15. The lowest BCUT2D eigenvalue weighted by Gasteiger charge is -2.34. The zero-order chi connectivity index (χ0) is 47.9. The second kappa shape index (κ2) is 21.9. The van der Waals surface area contributed by atoms with Crippen molar-refractivity contribution in [3.05, 3.63) is 136 Å². The Bertz CT molecular complexity index is 2940. The number of ether oxygens (including phenoxy) is 4. The van der Waals surface area contributed by atoms with E-state index in [4.69, 9.17) is 35.5 Å². The molecule has 2 fully saturated rings. The van der Waals surface area contributed by atoms with Crippen LogP contribution in [-0.4, -0.2) is 107 Å². The van der Waals surface area contributed by atoms with Crippen LogP contribution >= 0.6 is 22.9 Å². The number of aldehydes is 1. The van der Waals surface area contributed by atoms with Gasteiger partial charge in [0.15, 0.2) is 12.1 Å². The number of nitrogens with zero attached hydrogens (tertiary/aromatic N) is 6. The van der Waals surface area contributed by atoms with E-state index in [-0.39, 0.29) is 31.3 Å². The zero-order valence-corrected chi connectivity index (χ0v) is 40.3. The number of benzene rings is 4. The summed E-state index contributed by atoms with van der Waals surface area (Å²) < 4.78 is 38.8. The van der Waals surface area contributed by atoms with Crippen LogP contribution in [-0.2, 0) is 29.1 Å². The monoisotopic (exact) mass is 969 g/mol. The highest BCUT2D eigenvalue weighted by molar-refractivity contribution is 7.22. The zero-order valence-electron chi connectivity index (χ0n) is 38.8. The minimum atomic E-state index is -1.19. The second-order valence-electron chi connectivity index (χ2n) is 17.1. The molecule has 16 heteroatoms. The number of hydrogen-bond donors (Lipinski definition) is 1. The van der Waals surface area contributed by atoms with Crippen molar-refractivity contribution < 1.29 is 32.9 Å². The highest BCUT2D eigenvalue weighted by Gasteiger charge is 2.32. The second-order valence-corrected chi connectivity index (χ2v) is 18.5. The molecule has 1 aliphatic heterocycles. The predicted molar refractivity (Wildman–Crippen MR) is 266 cm³/mol. The summed E-state index contributed by atoms with van der Waals surface area (Å²) in [6.07, 6.45) is 5.32. The number of fused-ring (bicyclic) bond motifs is 1. The van der Waals surface area contributed by atoms with Gasteiger partial charge in [-0.15, -0.1) is 11.3 Å². The van der Waals surface area contributed by atoms with Gasteiger partial charge in [-0.3, -0.25) is 14.6 Å². The Labute approximate surface area is 409 Å². The highest BCUT2D eigenvalue weighted by Crippen LogP contribution is 2.49. The first kappa shape index (κ1) is 47.7. The lowest BCUT2D eigenvalue weighted by atomic mass is 9.95. The van der Waals surface area contributed by atoms with Crippen LogP contribution in [0.5, 0.6) is 17.4 Å². The quantitative estimate of drug-likeness (QED) is 0.0441. The molecule has 0 bridgehead atoms. The average Bonchev–Trinajstić information content (AvgIpc) is 4.16. The van der Waals surface area contributed by atoms with Crippen LogP contribution in [0.1, 0.15) is 52.5 Å². The SMILES string of the molecule is CCOC(=O)C(Cc1cc(CNCCN2CCN(C3CC3)CC2)ccc1OCc1ccnc(-c2ccccc2OC)n1)Oc1ncnc2sc(-c3ccc(F)cc3)c(-c3ccc(C=O)c(Cl)c3C)c12. The van der Waals surface area contributed by atoms with Crippen LogP contribution in [0.2, 0.25) is 5.02 Å². The van der Waals surface area contributed by atoms with Gasteiger partial charge in [0.05, 0.1) is 35.4 Å². The molecule has 1 unspecified atom stereocenters. The molecule has 4 heterocycles. The molecule has 0 amide bonds. The molecule has 1 N–H and O–H groups in total. The van der Waals surface area contributed by atoms with Crippen molar-refractivity contribution in [3.8, 4) is 50.3 Å². The summed E-state index contributed by atoms with van der Waals surface area (Å²) in [4.78, 5) is 51.1. The maximum absolute atomic E-state index is 14.3. The van der Waals surface area contributed by atoms with E-state index in [1.165, 1.54) is 42.6 Å². The third-order valence-electron chi connectivity index (χ3n) is 12.5. The smallest absolute Gasteiger partial charge is 0.347 e. The molecule has 2 aliphatic rings. The standard InChI is InChI=1S/C53H53ClFN7O6S/c1-4-66-53(64)45(68-51-47-46(41-17-12-36(30-63)48(54)33(41)2)49(69-52(47)59-32-58-51)35-10-13-38(55)14-11-35)28-37-27-34(29-56-21-22-61-23-25-62(26-24-61)40-15-16-40)9-18-43(37)67-31-39-19-20-57-50(60-39)42-7-5-6-8-44(42)65-3/h5-14,17-20,27,30,32,40,45,56H,4,15-16,21-26,28-29,31H2,1-3H3. The van der Waals surface area contributed by atoms with Crippen LogP contribution in [0.25, 0.3) is 43.2 Å². The molecule has 13 nitrogen and oxygen atoms in total. The van der Waals surface area contributed by atoms with E-state index in [1.54, 1.807) is 44.5 Å². The lowest BCUT2D eigenvalue weighted by molar-refractivity contribution is -0.151. The number of thiophene rings is 1. The molecule has 1 atom stereocenters. The Morgan fingerprint density at radius 2 is 1.78 bits per heavy atom. The van der Waals surface area contributed by atoms with Gasteiger partial charge in [-0.2, -0.15) is 0 Å². The molecule has 356 valence electrons. The number of hydrogen-bond acceptors (Lipinski definition) is 14. The van der Waals surface area contributed by atoms with Crippen molar-refractivity contribution >= 4 is 45.4 Å². The molecule has 1 saturated carbocycles. The van der Waals surface area contributed by atoms with Gasteiger partial charge in [0.1, 0.15) is 35.1 Å². The van der Waals surface area contributed by atoms with Crippen molar-refractivity contribution in [1.82, 2.24) is 35.1 Å². The summed E-state index contributed by atoms with van der Waals surface area (Å²) in [6.45, 7) is 10.6. The van der Waals surface area contributed by atoms with E-state index in [0.717, 1.165) is 66.9 Å². The van der Waals surface area contributed by atoms with E-state index < -0.39 is 12.1 Å². The summed E-state index contributed by atoms with van der Waals surface area (Å²) >= 11 is 8.14. The highest BCUT2D eigenvalue weighted by atomic mass is 35.5. The number of esters is 1. The minimum Gasteiger partial charge on any atom is -0.496 e. The molecule has 69 heavy (non-hydrogen) atoms. The molecule has 9 rings (SSSR count). The van der Waals surface area contributed by atoms with E-state index >= 15 is 0 Å². The lowest BCUT2D eigenvalue weighted by Crippen LogP contribution is -2.48. The van der Waals surface area contributed by atoms with Crippen molar-refractivity contribution in [2.75, 3.05) is 53.0 Å². The third kappa shape index (κ3) is 11.1. The van der Waals surface area contributed by atoms with E-state index in [1.807, 2.05) is 55.5 Å². The van der Waals surface area contributed by atoms with Gasteiger partial charge in [-0.25, -0.2) is 29.1 Å². The van der Waals surface area contributed by atoms with E-state index in [9.17, 15) is 14.0 Å². The fraction of sp³-hybridized carbons (Fsp3) is 0.321. The Morgan fingerprint density at radius 3 is 2.55 bits per heavy atom. The molecule has 7 aromatic rings.